The quantitative estimate of drug-likeness (QED) is 0.318. The average Bonchev–Trinajstić information content (AvgIpc) is 3.01. The minimum Gasteiger partial charge on any atom is -0.481 e. The normalized spacial score (nSPS) is 11.7. The molecule has 1 atom stereocenters. The Morgan fingerprint density at radius 2 is 1.72 bits per heavy atom. The molecule has 0 aliphatic heterocycles. The summed E-state index contributed by atoms with van der Waals surface area (Å²) in [5.41, 5.74) is 3.78. The van der Waals surface area contributed by atoms with Crippen LogP contribution in [0.2, 0.25) is 5.02 Å². The first-order valence-electron chi connectivity index (χ1n) is 10.9. The van der Waals surface area contributed by atoms with Crippen molar-refractivity contribution in [3.63, 3.8) is 0 Å². The van der Waals surface area contributed by atoms with Crippen LogP contribution in [-0.4, -0.2) is 21.4 Å². The van der Waals surface area contributed by atoms with E-state index in [1.54, 1.807) is 6.92 Å². The lowest BCUT2D eigenvalue weighted by molar-refractivity contribution is -0.137. The molecule has 0 saturated carbocycles. The van der Waals surface area contributed by atoms with Crippen LogP contribution in [0.5, 0.6) is 0 Å². The summed E-state index contributed by atoms with van der Waals surface area (Å²) in [6.45, 7) is 1.79. The molecule has 0 fully saturated rings. The smallest absolute Gasteiger partial charge is 0.303 e. The third-order valence-electron chi connectivity index (χ3n) is 5.61. The SMILES string of the molecule is C[C@H](CC(=O)O)CC(=O)c1c(CCC#CCCc2ccccc2)n(C)c2ccc(Cl)cc12. The molecular weight excluding hydrogens is 422 g/mol. The second-order valence-electron chi connectivity index (χ2n) is 8.21. The molecule has 0 aliphatic rings. The lowest BCUT2D eigenvalue weighted by Crippen LogP contribution is -2.12. The highest BCUT2D eigenvalue weighted by molar-refractivity contribution is 6.31. The van der Waals surface area contributed by atoms with Gasteiger partial charge < -0.3 is 9.67 Å². The number of rotatable bonds is 9. The number of hydrogen-bond acceptors (Lipinski definition) is 2. The van der Waals surface area contributed by atoms with Gasteiger partial charge in [-0.3, -0.25) is 9.59 Å². The number of ketones is 1. The van der Waals surface area contributed by atoms with Gasteiger partial charge in [0.1, 0.15) is 0 Å². The van der Waals surface area contributed by atoms with E-state index in [1.165, 1.54) is 5.56 Å². The maximum atomic E-state index is 13.2. The first kappa shape index (κ1) is 23.6. The lowest BCUT2D eigenvalue weighted by Gasteiger charge is -2.10. The zero-order valence-electron chi connectivity index (χ0n) is 18.5. The summed E-state index contributed by atoms with van der Waals surface area (Å²) in [4.78, 5) is 24.2. The average molecular weight is 450 g/mol. The Kier molecular flexibility index (Phi) is 8.14. The molecular formula is C27H28ClNO3. The van der Waals surface area contributed by atoms with Crippen molar-refractivity contribution in [1.29, 1.82) is 0 Å². The summed E-state index contributed by atoms with van der Waals surface area (Å²) in [5.74, 6) is 5.31. The molecule has 166 valence electrons. The highest BCUT2D eigenvalue weighted by Crippen LogP contribution is 2.31. The largest absolute Gasteiger partial charge is 0.481 e. The third-order valence-corrected chi connectivity index (χ3v) is 5.85. The van der Waals surface area contributed by atoms with E-state index in [0.717, 1.165) is 29.4 Å². The van der Waals surface area contributed by atoms with Gasteiger partial charge in [0.25, 0.3) is 0 Å². The number of hydrogen-bond donors (Lipinski definition) is 1. The molecule has 0 radical (unpaired) electrons. The third kappa shape index (κ3) is 6.02. The molecule has 3 rings (SSSR count). The van der Waals surface area contributed by atoms with Gasteiger partial charge in [-0.1, -0.05) is 48.9 Å². The Morgan fingerprint density at radius 1 is 1.03 bits per heavy atom. The number of aliphatic carboxylic acids is 1. The van der Waals surface area contributed by atoms with Gasteiger partial charge in [-0.15, -0.1) is 11.8 Å². The number of aryl methyl sites for hydroxylation is 2. The molecule has 1 aromatic heterocycles. The van der Waals surface area contributed by atoms with E-state index >= 15 is 0 Å². The van der Waals surface area contributed by atoms with E-state index in [0.29, 0.717) is 23.4 Å². The highest BCUT2D eigenvalue weighted by Gasteiger charge is 2.23. The predicted octanol–water partition coefficient (Wildman–Crippen LogP) is 6.08. The zero-order chi connectivity index (χ0) is 23.1. The molecule has 0 unspecified atom stereocenters. The van der Waals surface area contributed by atoms with Crippen LogP contribution in [0.3, 0.4) is 0 Å². The van der Waals surface area contributed by atoms with Crippen molar-refractivity contribution in [3.05, 3.63) is 70.4 Å². The van der Waals surface area contributed by atoms with Crippen molar-refractivity contribution in [1.82, 2.24) is 4.57 Å². The molecule has 1 N–H and O–H groups in total. The topological polar surface area (TPSA) is 59.3 Å². The fourth-order valence-electron chi connectivity index (χ4n) is 4.07. The molecule has 2 aromatic carbocycles. The lowest BCUT2D eigenvalue weighted by atomic mass is 9.94. The predicted molar refractivity (Wildman–Crippen MR) is 129 cm³/mol. The summed E-state index contributed by atoms with van der Waals surface area (Å²) in [7, 11) is 1.95. The Hall–Kier alpha value is -3.03. The number of carbonyl (C=O) groups excluding carboxylic acids is 1. The molecule has 0 amide bonds. The molecule has 0 spiro atoms. The number of aromatic nitrogens is 1. The summed E-state index contributed by atoms with van der Waals surface area (Å²) in [6.07, 6.45) is 3.18. The van der Waals surface area contributed by atoms with Crippen molar-refractivity contribution >= 4 is 34.3 Å². The van der Waals surface area contributed by atoms with Crippen molar-refractivity contribution in [2.45, 2.75) is 45.4 Å². The maximum absolute atomic E-state index is 13.2. The molecule has 0 aliphatic carbocycles. The number of benzene rings is 2. The first-order chi connectivity index (χ1) is 15.4. The summed E-state index contributed by atoms with van der Waals surface area (Å²) in [5, 5.41) is 10.4. The van der Waals surface area contributed by atoms with E-state index in [-0.39, 0.29) is 24.5 Å². The molecule has 5 heteroatoms. The number of carboxylic acid groups (broad SMARTS) is 1. The van der Waals surface area contributed by atoms with Gasteiger partial charge in [-0.2, -0.15) is 0 Å². The number of Topliss-reactive ketones (excluding diaryl/α,β-unsaturated/α-hetero) is 1. The van der Waals surface area contributed by atoms with Crippen molar-refractivity contribution in [3.8, 4) is 11.8 Å². The van der Waals surface area contributed by atoms with Crippen LogP contribution in [0.15, 0.2) is 48.5 Å². The Balaban J connectivity index is 1.77. The van der Waals surface area contributed by atoms with Crippen LogP contribution in [0.4, 0.5) is 0 Å². The van der Waals surface area contributed by atoms with E-state index in [4.69, 9.17) is 16.7 Å². The van der Waals surface area contributed by atoms with E-state index in [1.807, 2.05) is 48.0 Å². The van der Waals surface area contributed by atoms with E-state index in [2.05, 4.69) is 24.0 Å². The Bertz CT molecular complexity index is 1170. The number of halogens is 1. The minimum atomic E-state index is -0.891. The molecule has 1 heterocycles. The molecule has 0 bridgehead atoms. The standard InChI is InChI=1S/C27H28ClNO3/c1-19(17-26(31)32)16-25(30)27-22-18-21(28)14-15-23(22)29(2)24(27)13-9-4-3-6-10-20-11-7-5-8-12-20/h5,7-8,11-12,14-15,18-19H,6,9-10,13,16-17H2,1-2H3,(H,31,32)/t19-/m0/s1. The van der Waals surface area contributed by atoms with Gasteiger partial charge in [0.15, 0.2) is 5.78 Å². The van der Waals surface area contributed by atoms with Crippen LogP contribution in [0.25, 0.3) is 10.9 Å². The minimum absolute atomic E-state index is 0.0283. The van der Waals surface area contributed by atoms with Crippen molar-refractivity contribution in [2.75, 3.05) is 0 Å². The van der Waals surface area contributed by atoms with Crippen LogP contribution < -0.4 is 0 Å². The monoisotopic (exact) mass is 449 g/mol. The van der Waals surface area contributed by atoms with Crippen LogP contribution >= 0.6 is 11.6 Å². The number of nitrogens with zero attached hydrogens (tertiary/aromatic N) is 1. The zero-order valence-corrected chi connectivity index (χ0v) is 19.3. The summed E-state index contributed by atoms with van der Waals surface area (Å²) >= 11 is 6.22. The van der Waals surface area contributed by atoms with Gasteiger partial charge in [-0.05, 0) is 42.5 Å². The van der Waals surface area contributed by atoms with E-state index in [9.17, 15) is 9.59 Å². The van der Waals surface area contributed by atoms with Gasteiger partial charge in [0, 0.05) is 59.9 Å². The van der Waals surface area contributed by atoms with Gasteiger partial charge in [0.05, 0.1) is 0 Å². The van der Waals surface area contributed by atoms with Gasteiger partial charge in [0.2, 0.25) is 0 Å². The number of fused-ring (bicyclic) bond motifs is 1. The summed E-state index contributed by atoms with van der Waals surface area (Å²) < 4.78 is 2.03. The van der Waals surface area contributed by atoms with Crippen LogP contribution in [0.1, 0.15) is 54.2 Å². The van der Waals surface area contributed by atoms with E-state index < -0.39 is 5.97 Å². The van der Waals surface area contributed by atoms with Crippen molar-refractivity contribution < 1.29 is 14.7 Å². The Labute approximate surface area is 194 Å². The fourth-order valence-corrected chi connectivity index (χ4v) is 4.24. The van der Waals surface area contributed by atoms with Crippen LogP contribution in [0, 0.1) is 17.8 Å². The second kappa shape index (κ2) is 11.0. The molecule has 0 saturated heterocycles. The van der Waals surface area contributed by atoms with Gasteiger partial charge in [-0.25, -0.2) is 0 Å². The summed E-state index contributed by atoms with van der Waals surface area (Å²) in [6, 6.07) is 15.8. The number of carboxylic acids is 1. The Morgan fingerprint density at radius 3 is 2.41 bits per heavy atom. The highest BCUT2D eigenvalue weighted by atomic mass is 35.5. The molecule has 4 nitrogen and oxygen atoms in total. The van der Waals surface area contributed by atoms with Crippen molar-refractivity contribution in [2.24, 2.45) is 13.0 Å². The van der Waals surface area contributed by atoms with Gasteiger partial charge >= 0.3 is 5.97 Å². The number of carbonyl (C=O) groups is 2. The maximum Gasteiger partial charge on any atom is 0.303 e. The molecule has 32 heavy (non-hydrogen) atoms. The van der Waals surface area contributed by atoms with Crippen LogP contribution in [-0.2, 0) is 24.7 Å². The molecule has 3 aromatic rings. The first-order valence-corrected chi connectivity index (χ1v) is 11.3. The fraction of sp³-hybridized carbons (Fsp3) is 0.333. The second-order valence-corrected chi connectivity index (χ2v) is 8.65.